The lowest BCUT2D eigenvalue weighted by Crippen LogP contribution is -2.55. The second kappa shape index (κ2) is 7.82. The predicted molar refractivity (Wildman–Crippen MR) is 114 cm³/mol. The van der Waals surface area contributed by atoms with Crippen LogP contribution in [0.15, 0.2) is 36.1 Å². The van der Waals surface area contributed by atoms with E-state index in [1.807, 2.05) is 6.92 Å². The van der Waals surface area contributed by atoms with Crippen LogP contribution in [-0.4, -0.2) is 42.2 Å². The third-order valence-corrected chi connectivity index (χ3v) is 8.25. The maximum absolute atomic E-state index is 11.4. The average Bonchev–Trinajstić information content (AvgIpc) is 2.91. The summed E-state index contributed by atoms with van der Waals surface area (Å²) in [6, 6.07) is 2.44. The number of hydrogen-bond acceptors (Lipinski definition) is 5. The molecule has 0 aromatic rings. The van der Waals surface area contributed by atoms with Crippen molar-refractivity contribution in [2.75, 3.05) is 7.11 Å². The second-order valence-electron chi connectivity index (χ2n) is 9.67. The van der Waals surface area contributed by atoms with Crippen LogP contribution in [0.4, 0.5) is 0 Å². The van der Waals surface area contributed by atoms with Crippen LogP contribution >= 0.6 is 0 Å². The molecule has 11 atom stereocenters. The summed E-state index contributed by atoms with van der Waals surface area (Å²) in [6.07, 6.45) is 7.15. The number of nitrogens with zero attached hydrogens (tertiary/aromatic N) is 1. The van der Waals surface area contributed by atoms with Gasteiger partial charge in [0, 0.05) is 36.7 Å². The van der Waals surface area contributed by atoms with Crippen LogP contribution in [0.3, 0.4) is 0 Å². The monoisotopic (exact) mass is 413 g/mol. The lowest BCUT2D eigenvalue weighted by molar-refractivity contribution is -0.0840. The Balaban J connectivity index is 1.87. The Hall–Kier alpha value is -1.61. The van der Waals surface area contributed by atoms with E-state index in [2.05, 4.69) is 51.6 Å². The van der Waals surface area contributed by atoms with Crippen molar-refractivity contribution in [1.82, 2.24) is 0 Å². The van der Waals surface area contributed by atoms with Crippen LogP contribution in [0.2, 0.25) is 0 Å². The van der Waals surface area contributed by atoms with Gasteiger partial charge in [-0.3, -0.25) is 0 Å². The predicted octanol–water partition coefficient (Wildman–Crippen LogP) is 4.00. The number of nitriles is 1. The molecule has 0 radical (unpaired) electrons. The highest BCUT2D eigenvalue weighted by Crippen LogP contribution is 2.62. The van der Waals surface area contributed by atoms with Crippen molar-refractivity contribution in [2.45, 2.75) is 70.6 Å². The Kier molecular flexibility index (Phi) is 5.63. The SMILES string of the molecule is C=C1O[C@H](CC)[C@H](C)/C=C(\C)[C@]23O[C@@H]4[C@H](C=C[C@@H]2C[C@@H]1OC)[C@H]3[C@H](O)C(C)[C@H]4C#N. The third kappa shape index (κ3) is 2.92. The van der Waals surface area contributed by atoms with E-state index in [-0.39, 0.29) is 53.8 Å². The van der Waals surface area contributed by atoms with Crippen LogP contribution in [-0.2, 0) is 14.2 Å². The number of aliphatic hydroxyl groups is 1. The van der Waals surface area contributed by atoms with E-state index >= 15 is 0 Å². The van der Waals surface area contributed by atoms with Gasteiger partial charge in [0.15, 0.2) is 0 Å². The first-order chi connectivity index (χ1) is 14.3. The minimum absolute atomic E-state index is 0.00413. The van der Waals surface area contributed by atoms with Crippen molar-refractivity contribution in [3.63, 3.8) is 0 Å². The van der Waals surface area contributed by atoms with Crippen LogP contribution in [0.1, 0.15) is 40.5 Å². The highest BCUT2D eigenvalue weighted by atomic mass is 16.5. The molecule has 0 aromatic heterocycles. The largest absolute Gasteiger partial charge is 0.492 e. The zero-order valence-electron chi connectivity index (χ0n) is 18.7. The Morgan fingerprint density at radius 1 is 1.37 bits per heavy atom. The Morgan fingerprint density at radius 3 is 2.73 bits per heavy atom. The normalized spacial score (nSPS) is 51.9. The summed E-state index contributed by atoms with van der Waals surface area (Å²) in [5.41, 5.74) is 0.501. The third-order valence-electron chi connectivity index (χ3n) is 8.25. The molecule has 2 fully saturated rings. The van der Waals surface area contributed by atoms with Gasteiger partial charge in [0.1, 0.15) is 23.6 Å². The lowest BCUT2D eigenvalue weighted by Gasteiger charge is -2.48. The van der Waals surface area contributed by atoms with Crippen molar-refractivity contribution in [2.24, 2.45) is 35.5 Å². The molecule has 2 aliphatic carbocycles. The molecule has 1 spiro atoms. The maximum Gasteiger partial charge on any atom is 0.118 e. The fourth-order valence-electron chi connectivity index (χ4n) is 6.62. The molecule has 2 heterocycles. The Labute approximate surface area is 180 Å². The average molecular weight is 414 g/mol. The summed E-state index contributed by atoms with van der Waals surface area (Å²) in [7, 11) is 1.69. The van der Waals surface area contributed by atoms with Gasteiger partial charge in [-0.15, -0.1) is 0 Å². The lowest BCUT2D eigenvalue weighted by atomic mass is 9.56. The standard InChI is InChI=1S/C25H35NO4/c1-7-20-13(2)10-14(3)25-17(11-21(28-6)16(5)29-20)8-9-18-22(25)23(27)15(4)19(12-26)24(18)30-25/h8-10,13,15,17-24,27H,5,7,11H2,1-4,6H3/b14-10+/t13-,15?,17-,18-,19-,20-,21+,22+,23-,24-,25+/m1/s1. The molecule has 5 nitrogen and oxygen atoms in total. The van der Waals surface area contributed by atoms with Gasteiger partial charge in [0.05, 0.1) is 24.2 Å². The fourth-order valence-corrected chi connectivity index (χ4v) is 6.62. The summed E-state index contributed by atoms with van der Waals surface area (Å²) >= 11 is 0. The summed E-state index contributed by atoms with van der Waals surface area (Å²) in [5.74, 6) is 0.382. The highest BCUT2D eigenvalue weighted by Gasteiger charge is 2.68. The van der Waals surface area contributed by atoms with Crippen molar-refractivity contribution in [3.05, 3.63) is 36.1 Å². The van der Waals surface area contributed by atoms with Gasteiger partial charge in [0.25, 0.3) is 0 Å². The van der Waals surface area contributed by atoms with E-state index < -0.39 is 11.7 Å². The van der Waals surface area contributed by atoms with Gasteiger partial charge in [0.2, 0.25) is 0 Å². The zero-order valence-corrected chi connectivity index (χ0v) is 18.7. The zero-order chi connectivity index (χ0) is 21.8. The van der Waals surface area contributed by atoms with E-state index in [9.17, 15) is 10.4 Å². The Bertz CT molecular complexity index is 797. The summed E-state index contributed by atoms with van der Waals surface area (Å²) in [5, 5.41) is 21.2. The molecule has 1 saturated heterocycles. The van der Waals surface area contributed by atoms with Crippen LogP contribution in [0, 0.1) is 46.8 Å². The first-order valence-corrected chi connectivity index (χ1v) is 11.3. The van der Waals surface area contributed by atoms with Crippen molar-refractivity contribution >= 4 is 0 Å². The molecular weight excluding hydrogens is 378 g/mol. The Morgan fingerprint density at radius 2 is 2.10 bits per heavy atom. The molecule has 1 N–H and O–H groups in total. The highest BCUT2D eigenvalue weighted by molar-refractivity contribution is 5.35. The molecule has 164 valence electrons. The second-order valence-corrected chi connectivity index (χ2v) is 9.67. The van der Waals surface area contributed by atoms with Crippen LogP contribution in [0.5, 0.6) is 0 Å². The summed E-state index contributed by atoms with van der Waals surface area (Å²) in [4.78, 5) is 0. The van der Waals surface area contributed by atoms with E-state index in [1.54, 1.807) is 7.11 Å². The van der Waals surface area contributed by atoms with E-state index in [0.29, 0.717) is 12.2 Å². The maximum atomic E-state index is 11.4. The van der Waals surface area contributed by atoms with Gasteiger partial charge >= 0.3 is 0 Å². The van der Waals surface area contributed by atoms with Crippen LogP contribution in [0.25, 0.3) is 0 Å². The van der Waals surface area contributed by atoms with Crippen molar-refractivity contribution < 1.29 is 19.3 Å². The van der Waals surface area contributed by atoms with Gasteiger partial charge in [-0.05, 0) is 25.3 Å². The van der Waals surface area contributed by atoms with Gasteiger partial charge in [-0.25, -0.2) is 0 Å². The van der Waals surface area contributed by atoms with E-state index in [0.717, 1.165) is 12.0 Å². The molecule has 1 saturated carbocycles. The van der Waals surface area contributed by atoms with E-state index in [4.69, 9.17) is 14.2 Å². The topological polar surface area (TPSA) is 71.7 Å². The smallest absolute Gasteiger partial charge is 0.118 e. The van der Waals surface area contributed by atoms with Crippen molar-refractivity contribution in [1.29, 1.82) is 5.26 Å². The first kappa shape index (κ1) is 21.6. The molecule has 4 rings (SSSR count). The first-order valence-electron chi connectivity index (χ1n) is 11.3. The summed E-state index contributed by atoms with van der Waals surface area (Å²) in [6.45, 7) is 12.6. The van der Waals surface area contributed by atoms with Crippen molar-refractivity contribution in [3.8, 4) is 6.07 Å². The van der Waals surface area contributed by atoms with Gasteiger partial charge < -0.3 is 19.3 Å². The molecular formula is C25H35NO4. The molecule has 5 heteroatoms. The molecule has 2 aliphatic heterocycles. The fraction of sp³-hybridized carbons (Fsp3) is 0.720. The summed E-state index contributed by atoms with van der Waals surface area (Å²) < 4.78 is 18.9. The molecule has 4 bridgehead atoms. The number of methoxy groups -OCH3 is 1. The number of rotatable bonds is 2. The number of ether oxygens (including phenoxy) is 3. The quantitative estimate of drug-likeness (QED) is 0.693. The number of aliphatic hydroxyl groups excluding tert-OH is 1. The van der Waals surface area contributed by atoms with E-state index in [1.165, 1.54) is 0 Å². The number of hydrogen-bond donors (Lipinski definition) is 1. The minimum Gasteiger partial charge on any atom is -0.492 e. The molecule has 30 heavy (non-hydrogen) atoms. The molecule has 1 unspecified atom stereocenters. The molecule has 0 amide bonds. The molecule has 0 aromatic carbocycles. The van der Waals surface area contributed by atoms with Gasteiger partial charge in [-0.2, -0.15) is 5.26 Å². The minimum atomic E-state index is -0.635. The van der Waals surface area contributed by atoms with Gasteiger partial charge in [-0.1, -0.05) is 45.6 Å². The molecule has 4 aliphatic rings. The van der Waals surface area contributed by atoms with Crippen LogP contribution < -0.4 is 0 Å².